The Bertz CT molecular complexity index is 629. The molecule has 1 atom stereocenters. The van der Waals surface area contributed by atoms with Crippen molar-refractivity contribution in [3.63, 3.8) is 0 Å². The van der Waals surface area contributed by atoms with Crippen LogP contribution in [0.25, 0.3) is 0 Å². The molecule has 20 heavy (non-hydrogen) atoms. The zero-order chi connectivity index (χ0) is 14.9. The van der Waals surface area contributed by atoms with Crippen molar-refractivity contribution < 1.29 is 18.3 Å². The van der Waals surface area contributed by atoms with Gasteiger partial charge in [-0.05, 0) is 43.9 Å². The molecule has 0 amide bonds. The summed E-state index contributed by atoms with van der Waals surface area (Å²) in [6, 6.07) is 3.64. The van der Waals surface area contributed by atoms with E-state index in [-0.39, 0.29) is 11.4 Å². The van der Waals surface area contributed by atoms with Gasteiger partial charge in [-0.3, -0.25) is 4.79 Å². The largest absolute Gasteiger partial charge is 0.480 e. The summed E-state index contributed by atoms with van der Waals surface area (Å²) >= 11 is 5.96. The molecule has 1 unspecified atom stereocenters. The maximum absolute atomic E-state index is 12.7. The van der Waals surface area contributed by atoms with E-state index in [0.717, 1.165) is 10.7 Å². The molecule has 1 heterocycles. The van der Waals surface area contributed by atoms with Gasteiger partial charge in [0.25, 0.3) is 0 Å². The number of nitrogens with zero attached hydrogens (tertiary/aromatic N) is 1. The molecule has 1 saturated heterocycles. The molecule has 5 nitrogen and oxygen atoms in total. The number of piperidine rings is 1. The Morgan fingerprint density at radius 1 is 1.40 bits per heavy atom. The van der Waals surface area contributed by atoms with Crippen LogP contribution in [0.4, 0.5) is 0 Å². The lowest BCUT2D eigenvalue weighted by molar-refractivity contribution is -0.142. The van der Waals surface area contributed by atoms with Gasteiger partial charge < -0.3 is 5.11 Å². The van der Waals surface area contributed by atoms with Crippen molar-refractivity contribution in [3.05, 3.63) is 28.8 Å². The smallest absolute Gasteiger partial charge is 0.322 e. The van der Waals surface area contributed by atoms with Gasteiger partial charge in [-0.1, -0.05) is 17.7 Å². The standard InChI is InChI=1S/C13H16ClNO4S/c1-9-10(14)5-4-7-12(9)20(18,19)15-8-3-2-6-11(15)13(16)17/h4-5,7,11H,2-3,6,8H2,1H3,(H,16,17). The predicted molar refractivity (Wildman–Crippen MR) is 75.4 cm³/mol. The molecule has 0 aliphatic carbocycles. The highest BCUT2D eigenvalue weighted by Gasteiger charge is 2.38. The van der Waals surface area contributed by atoms with E-state index in [0.29, 0.717) is 23.4 Å². The van der Waals surface area contributed by atoms with Crippen molar-refractivity contribution in [3.8, 4) is 0 Å². The van der Waals surface area contributed by atoms with Crippen LogP contribution < -0.4 is 0 Å². The Balaban J connectivity index is 2.48. The van der Waals surface area contributed by atoms with Crippen LogP contribution in [0.2, 0.25) is 5.02 Å². The van der Waals surface area contributed by atoms with Crippen molar-refractivity contribution in [1.29, 1.82) is 0 Å². The zero-order valence-electron chi connectivity index (χ0n) is 11.0. The second-order valence-electron chi connectivity index (χ2n) is 4.83. The van der Waals surface area contributed by atoms with E-state index in [2.05, 4.69) is 0 Å². The highest BCUT2D eigenvalue weighted by molar-refractivity contribution is 7.89. The summed E-state index contributed by atoms with van der Waals surface area (Å²) in [4.78, 5) is 11.3. The molecule has 0 saturated carbocycles. The lowest BCUT2D eigenvalue weighted by Crippen LogP contribution is -2.47. The molecule has 0 radical (unpaired) electrons. The quantitative estimate of drug-likeness (QED) is 0.928. The van der Waals surface area contributed by atoms with Gasteiger partial charge >= 0.3 is 5.97 Å². The van der Waals surface area contributed by atoms with Crippen LogP contribution >= 0.6 is 11.6 Å². The van der Waals surface area contributed by atoms with Crippen molar-refractivity contribution in [2.24, 2.45) is 0 Å². The molecule has 110 valence electrons. The van der Waals surface area contributed by atoms with E-state index in [1.54, 1.807) is 19.1 Å². The maximum atomic E-state index is 12.7. The predicted octanol–water partition coefficient (Wildman–Crippen LogP) is 2.28. The first-order chi connectivity index (χ1) is 9.35. The first-order valence-corrected chi connectivity index (χ1v) is 8.17. The Morgan fingerprint density at radius 2 is 2.10 bits per heavy atom. The summed E-state index contributed by atoms with van der Waals surface area (Å²) in [5, 5.41) is 9.57. The summed E-state index contributed by atoms with van der Waals surface area (Å²) in [5.41, 5.74) is 0.448. The third kappa shape index (κ3) is 2.68. The fourth-order valence-electron chi connectivity index (χ4n) is 2.43. The number of carboxylic acids is 1. The number of aliphatic carboxylic acids is 1. The van der Waals surface area contributed by atoms with Crippen LogP contribution in [-0.4, -0.2) is 36.4 Å². The summed E-state index contributed by atoms with van der Waals surface area (Å²) in [6.45, 7) is 1.85. The second-order valence-corrected chi connectivity index (χ2v) is 7.09. The number of carboxylic acid groups (broad SMARTS) is 1. The highest BCUT2D eigenvalue weighted by atomic mass is 35.5. The Morgan fingerprint density at radius 3 is 2.75 bits per heavy atom. The molecular weight excluding hydrogens is 302 g/mol. The van der Waals surface area contributed by atoms with Gasteiger partial charge in [0.1, 0.15) is 6.04 Å². The number of halogens is 1. The molecule has 1 fully saturated rings. The minimum Gasteiger partial charge on any atom is -0.480 e. The number of carbonyl (C=O) groups is 1. The SMILES string of the molecule is Cc1c(Cl)cccc1S(=O)(=O)N1CCCCC1C(=O)O. The molecule has 1 N–H and O–H groups in total. The van der Waals surface area contributed by atoms with Crippen molar-refractivity contribution in [2.75, 3.05) is 6.54 Å². The third-order valence-corrected chi connectivity index (χ3v) is 6.01. The lowest BCUT2D eigenvalue weighted by atomic mass is 10.1. The summed E-state index contributed by atoms with van der Waals surface area (Å²) in [6.07, 6.45) is 1.73. The van der Waals surface area contributed by atoms with Crippen molar-refractivity contribution in [1.82, 2.24) is 4.31 Å². The molecule has 0 spiro atoms. The van der Waals surface area contributed by atoms with Crippen molar-refractivity contribution in [2.45, 2.75) is 37.1 Å². The minimum absolute atomic E-state index is 0.0816. The first-order valence-electron chi connectivity index (χ1n) is 6.35. The normalized spacial score (nSPS) is 20.8. The molecule has 2 rings (SSSR count). The molecule has 0 bridgehead atoms. The number of hydrogen-bond acceptors (Lipinski definition) is 3. The van der Waals surface area contributed by atoms with Crippen LogP contribution in [0, 0.1) is 6.92 Å². The van der Waals surface area contributed by atoms with Crippen LogP contribution in [0.3, 0.4) is 0 Å². The molecule has 0 aromatic heterocycles. The van der Waals surface area contributed by atoms with Crippen LogP contribution in [0.15, 0.2) is 23.1 Å². The first kappa shape index (κ1) is 15.3. The molecule has 1 aliphatic heterocycles. The van der Waals surface area contributed by atoms with Crippen LogP contribution in [0.5, 0.6) is 0 Å². The van der Waals surface area contributed by atoms with Crippen LogP contribution in [-0.2, 0) is 14.8 Å². The van der Waals surface area contributed by atoms with Gasteiger partial charge in [0, 0.05) is 11.6 Å². The van der Waals surface area contributed by atoms with E-state index >= 15 is 0 Å². The topological polar surface area (TPSA) is 74.7 Å². The molecule has 1 aromatic carbocycles. The van der Waals surface area contributed by atoms with E-state index in [9.17, 15) is 18.3 Å². The summed E-state index contributed by atoms with van der Waals surface area (Å²) in [7, 11) is -3.84. The van der Waals surface area contributed by atoms with Crippen LogP contribution in [0.1, 0.15) is 24.8 Å². The van der Waals surface area contributed by atoms with Gasteiger partial charge in [-0.25, -0.2) is 8.42 Å². The zero-order valence-corrected chi connectivity index (χ0v) is 12.6. The fraction of sp³-hybridized carbons (Fsp3) is 0.462. The Labute approximate surface area is 123 Å². The third-order valence-electron chi connectivity index (χ3n) is 3.54. The number of benzene rings is 1. The molecular formula is C13H16ClNO4S. The minimum atomic E-state index is -3.84. The Hall–Kier alpha value is -1.11. The summed E-state index contributed by atoms with van der Waals surface area (Å²) in [5.74, 6) is -1.10. The average Bonchev–Trinajstić information content (AvgIpc) is 2.41. The monoisotopic (exact) mass is 317 g/mol. The van der Waals surface area contributed by atoms with Crippen molar-refractivity contribution >= 4 is 27.6 Å². The van der Waals surface area contributed by atoms with Gasteiger partial charge in [-0.15, -0.1) is 0 Å². The molecule has 7 heteroatoms. The molecule has 1 aliphatic rings. The lowest BCUT2D eigenvalue weighted by Gasteiger charge is -2.32. The maximum Gasteiger partial charge on any atom is 0.322 e. The van der Waals surface area contributed by atoms with E-state index in [4.69, 9.17) is 11.6 Å². The van der Waals surface area contributed by atoms with E-state index in [1.165, 1.54) is 6.07 Å². The summed E-state index contributed by atoms with van der Waals surface area (Å²) < 4.78 is 26.4. The number of hydrogen-bond donors (Lipinski definition) is 1. The van der Waals surface area contributed by atoms with Gasteiger partial charge in [0.2, 0.25) is 10.0 Å². The average molecular weight is 318 g/mol. The van der Waals surface area contributed by atoms with Gasteiger partial charge in [0.15, 0.2) is 0 Å². The van der Waals surface area contributed by atoms with E-state index < -0.39 is 22.0 Å². The molecule has 1 aromatic rings. The number of sulfonamides is 1. The highest BCUT2D eigenvalue weighted by Crippen LogP contribution is 2.29. The fourth-order valence-corrected chi connectivity index (χ4v) is 4.56. The Kier molecular flexibility index (Phi) is 4.36. The van der Waals surface area contributed by atoms with Gasteiger partial charge in [0.05, 0.1) is 4.90 Å². The van der Waals surface area contributed by atoms with Gasteiger partial charge in [-0.2, -0.15) is 4.31 Å². The number of rotatable bonds is 3. The van der Waals surface area contributed by atoms with E-state index in [1.807, 2.05) is 0 Å². The second kappa shape index (κ2) is 5.71.